The monoisotopic (exact) mass is 314 g/mol. The highest BCUT2D eigenvalue weighted by Gasteiger charge is 2.26. The highest BCUT2D eigenvalue weighted by Crippen LogP contribution is 2.14. The number of hydrogen-bond acceptors (Lipinski definition) is 5. The normalized spacial score (nSPS) is 13.1. The summed E-state index contributed by atoms with van der Waals surface area (Å²) in [6.45, 7) is 6.13. The molecular weight excluding hydrogens is 292 g/mol. The van der Waals surface area contributed by atoms with Crippen molar-refractivity contribution in [3.05, 3.63) is 18.3 Å². The van der Waals surface area contributed by atoms with Crippen LogP contribution in [-0.4, -0.2) is 31.9 Å². The standard InChI is InChI=1S/C13H22N4O3S/c1-4-6-15-11-8-10(5-7-16-11)21(19,20)17-12(9(2)3)13(14)18/h5,7-9,12,17H,4,6H2,1-3H3,(H2,14,18)(H,15,16). The number of nitrogens with one attached hydrogen (secondary N) is 2. The fourth-order valence-electron chi connectivity index (χ4n) is 1.69. The van der Waals surface area contributed by atoms with Crippen LogP contribution in [0.3, 0.4) is 0 Å². The second-order valence-corrected chi connectivity index (χ2v) is 6.76. The molecule has 0 bridgehead atoms. The number of pyridine rings is 1. The molecule has 1 heterocycles. The van der Waals surface area contributed by atoms with Crippen molar-refractivity contribution in [2.24, 2.45) is 11.7 Å². The fourth-order valence-corrected chi connectivity index (χ4v) is 3.05. The van der Waals surface area contributed by atoms with Gasteiger partial charge in [-0.2, -0.15) is 4.72 Å². The van der Waals surface area contributed by atoms with Crippen LogP contribution in [0.1, 0.15) is 27.2 Å². The van der Waals surface area contributed by atoms with E-state index in [4.69, 9.17) is 5.73 Å². The molecule has 0 aromatic carbocycles. The van der Waals surface area contributed by atoms with Crippen molar-refractivity contribution < 1.29 is 13.2 Å². The van der Waals surface area contributed by atoms with Gasteiger partial charge in [0, 0.05) is 18.8 Å². The summed E-state index contributed by atoms with van der Waals surface area (Å²) in [4.78, 5) is 15.4. The Morgan fingerprint density at radius 3 is 2.62 bits per heavy atom. The number of carbonyl (C=O) groups is 1. The molecule has 1 aromatic heterocycles. The average Bonchev–Trinajstić information content (AvgIpc) is 2.42. The minimum Gasteiger partial charge on any atom is -0.370 e. The predicted octanol–water partition coefficient (Wildman–Crippen LogP) is 0.692. The first kappa shape index (κ1) is 17.4. The first-order chi connectivity index (χ1) is 9.77. The van der Waals surface area contributed by atoms with Crippen LogP contribution in [0.2, 0.25) is 0 Å². The number of hydrogen-bond donors (Lipinski definition) is 3. The summed E-state index contributed by atoms with van der Waals surface area (Å²) in [7, 11) is -3.83. The number of nitrogens with zero attached hydrogens (tertiary/aromatic N) is 1. The molecule has 21 heavy (non-hydrogen) atoms. The summed E-state index contributed by atoms with van der Waals surface area (Å²) < 4.78 is 26.9. The largest absolute Gasteiger partial charge is 0.370 e. The van der Waals surface area contributed by atoms with E-state index in [1.165, 1.54) is 18.3 Å². The molecule has 0 saturated carbocycles. The van der Waals surface area contributed by atoms with E-state index in [1.54, 1.807) is 13.8 Å². The zero-order valence-electron chi connectivity index (χ0n) is 12.5. The predicted molar refractivity (Wildman–Crippen MR) is 81.2 cm³/mol. The SMILES string of the molecule is CCCNc1cc(S(=O)(=O)NC(C(N)=O)C(C)C)ccn1. The average molecular weight is 314 g/mol. The van der Waals surface area contributed by atoms with Gasteiger partial charge in [-0.3, -0.25) is 4.79 Å². The lowest BCUT2D eigenvalue weighted by molar-refractivity contribution is -0.120. The van der Waals surface area contributed by atoms with Crippen molar-refractivity contribution in [2.45, 2.75) is 38.1 Å². The van der Waals surface area contributed by atoms with E-state index in [1.807, 2.05) is 6.92 Å². The van der Waals surface area contributed by atoms with Gasteiger partial charge in [-0.25, -0.2) is 13.4 Å². The maximum Gasteiger partial charge on any atom is 0.241 e. The van der Waals surface area contributed by atoms with Crippen molar-refractivity contribution in [1.29, 1.82) is 0 Å². The summed E-state index contributed by atoms with van der Waals surface area (Å²) in [5.41, 5.74) is 5.23. The maximum absolute atomic E-state index is 12.3. The summed E-state index contributed by atoms with van der Waals surface area (Å²) in [6, 6.07) is 1.85. The van der Waals surface area contributed by atoms with Gasteiger partial charge in [0.2, 0.25) is 15.9 Å². The number of primary amides is 1. The Labute approximate surface area is 125 Å². The van der Waals surface area contributed by atoms with E-state index >= 15 is 0 Å². The summed E-state index contributed by atoms with van der Waals surface area (Å²) in [6.07, 6.45) is 2.30. The van der Waals surface area contributed by atoms with Gasteiger partial charge in [-0.1, -0.05) is 20.8 Å². The third-order valence-electron chi connectivity index (χ3n) is 2.85. The molecule has 0 aliphatic rings. The first-order valence-corrected chi connectivity index (χ1v) is 8.27. The van der Waals surface area contributed by atoms with Crippen LogP contribution in [0.5, 0.6) is 0 Å². The van der Waals surface area contributed by atoms with Crippen molar-refractivity contribution in [1.82, 2.24) is 9.71 Å². The van der Waals surface area contributed by atoms with E-state index in [0.717, 1.165) is 6.42 Å². The Morgan fingerprint density at radius 2 is 2.10 bits per heavy atom. The van der Waals surface area contributed by atoms with E-state index < -0.39 is 22.0 Å². The molecule has 118 valence electrons. The van der Waals surface area contributed by atoms with Crippen molar-refractivity contribution in [3.8, 4) is 0 Å². The molecule has 0 saturated heterocycles. The first-order valence-electron chi connectivity index (χ1n) is 6.79. The van der Waals surface area contributed by atoms with Crippen molar-refractivity contribution in [3.63, 3.8) is 0 Å². The number of sulfonamides is 1. The lowest BCUT2D eigenvalue weighted by Crippen LogP contribution is -2.47. The molecule has 1 unspecified atom stereocenters. The second kappa shape index (κ2) is 7.37. The summed E-state index contributed by atoms with van der Waals surface area (Å²) in [5.74, 6) is -0.469. The number of carbonyl (C=O) groups excluding carboxylic acids is 1. The lowest BCUT2D eigenvalue weighted by Gasteiger charge is -2.19. The van der Waals surface area contributed by atoms with Crippen molar-refractivity contribution >= 4 is 21.7 Å². The zero-order chi connectivity index (χ0) is 16.0. The molecule has 1 amide bonds. The quantitative estimate of drug-likeness (QED) is 0.653. The highest BCUT2D eigenvalue weighted by molar-refractivity contribution is 7.89. The molecule has 0 spiro atoms. The summed E-state index contributed by atoms with van der Waals surface area (Å²) >= 11 is 0. The molecule has 7 nitrogen and oxygen atoms in total. The van der Waals surface area contributed by atoms with Crippen LogP contribution in [0.4, 0.5) is 5.82 Å². The van der Waals surface area contributed by atoms with Crippen LogP contribution in [0, 0.1) is 5.92 Å². The van der Waals surface area contributed by atoms with E-state index in [0.29, 0.717) is 12.4 Å². The van der Waals surface area contributed by atoms with Gasteiger partial charge in [0.1, 0.15) is 11.9 Å². The molecule has 0 aliphatic heterocycles. The number of nitrogens with two attached hydrogens (primary N) is 1. The van der Waals surface area contributed by atoms with E-state index in [-0.39, 0.29) is 10.8 Å². The van der Waals surface area contributed by atoms with Gasteiger partial charge >= 0.3 is 0 Å². The Kier molecular flexibility index (Phi) is 6.10. The number of aromatic nitrogens is 1. The van der Waals surface area contributed by atoms with Gasteiger partial charge < -0.3 is 11.1 Å². The van der Waals surface area contributed by atoms with Gasteiger partial charge in [-0.15, -0.1) is 0 Å². The van der Waals surface area contributed by atoms with Crippen LogP contribution in [0.15, 0.2) is 23.2 Å². The molecule has 0 aliphatic carbocycles. The van der Waals surface area contributed by atoms with Gasteiger partial charge in [0.05, 0.1) is 4.90 Å². The smallest absolute Gasteiger partial charge is 0.241 e. The minimum absolute atomic E-state index is 0.0444. The van der Waals surface area contributed by atoms with Crippen LogP contribution < -0.4 is 15.8 Å². The Bertz CT molecular complexity index is 587. The number of anilines is 1. The summed E-state index contributed by atoms with van der Waals surface area (Å²) in [5, 5.41) is 3.01. The van der Waals surface area contributed by atoms with Gasteiger partial charge in [-0.05, 0) is 18.4 Å². The Balaban J connectivity index is 2.99. The van der Waals surface area contributed by atoms with Gasteiger partial charge in [0.15, 0.2) is 0 Å². The maximum atomic E-state index is 12.3. The Morgan fingerprint density at radius 1 is 1.43 bits per heavy atom. The molecule has 4 N–H and O–H groups in total. The fraction of sp³-hybridized carbons (Fsp3) is 0.538. The van der Waals surface area contributed by atoms with Crippen molar-refractivity contribution in [2.75, 3.05) is 11.9 Å². The second-order valence-electron chi connectivity index (χ2n) is 5.05. The number of rotatable bonds is 8. The number of amides is 1. The molecule has 0 radical (unpaired) electrons. The van der Waals surface area contributed by atoms with E-state index in [9.17, 15) is 13.2 Å². The van der Waals surface area contributed by atoms with Crippen LogP contribution in [0.25, 0.3) is 0 Å². The third kappa shape index (κ3) is 4.98. The van der Waals surface area contributed by atoms with Crippen LogP contribution in [-0.2, 0) is 14.8 Å². The topological polar surface area (TPSA) is 114 Å². The molecule has 1 rings (SSSR count). The molecule has 8 heteroatoms. The van der Waals surface area contributed by atoms with Crippen LogP contribution >= 0.6 is 0 Å². The Hall–Kier alpha value is -1.67. The molecule has 1 atom stereocenters. The minimum atomic E-state index is -3.83. The molecule has 1 aromatic rings. The van der Waals surface area contributed by atoms with Gasteiger partial charge in [0.25, 0.3) is 0 Å². The highest BCUT2D eigenvalue weighted by atomic mass is 32.2. The van der Waals surface area contributed by atoms with E-state index in [2.05, 4.69) is 15.0 Å². The zero-order valence-corrected chi connectivity index (χ0v) is 13.3. The molecule has 0 fully saturated rings. The third-order valence-corrected chi connectivity index (χ3v) is 4.29. The lowest BCUT2D eigenvalue weighted by atomic mass is 10.1. The molecular formula is C13H22N4O3S.